The molecule has 0 aliphatic rings. The standard InChI is InChI=1S/C28H25F3N6O2/c1-27(2,25(38)33-3)17-6-8-18(9-7-17)37-23-19-11-15(16-12-20(28(29,30)31)24(32)35-13-16)5-10-21(19)34-14-22(23)36(4)26(37)39/h5-14H,1-4H3,(H2,32,35)(H,33,38). The topological polar surface area (TPSA) is 108 Å². The van der Waals surface area contributed by atoms with Gasteiger partial charge in [-0.15, -0.1) is 0 Å². The minimum atomic E-state index is -4.66. The Kier molecular flexibility index (Phi) is 5.97. The van der Waals surface area contributed by atoms with Gasteiger partial charge in [-0.3, -0.25) is 18.9 Å². The van der Waals surface area contributed by atoms with E-state index < -0.39 is 23.0 Å². The van der Waals surface area contributed by atoms with E-state index in [0.717, 1.165) is 11.6 Å². The first kappa shape index (κ1) is 26.0. The summed E-state index contributed by atoms with van der Waals surface area (Å²) in [4.78, 5) is 34.0. The number of nitrogens with one attached hydrogen (secondary N) is 1. The van der Waals surface area contributed by atoms with Crippen LogP contribution in [0.15, 0.2) is 65.7 Å². The summed E-state index contributed by atoms with van der Waals surface area (Å²) >= 11 is 0. The zero-order valence-electron chi connectivity index (χ0n) is 21.6. The molecule has 200 valence electrons. The molecule has 0 aliphatic carbocycles. The first-order chi connectivity index (χ1) is 18.3. The van der Waals surface area contributed by atoms with Gasteiger partial charge in [-0.2, -0.15) is 13.2 Å². The van der Waals surface area contributed by atoms with Gasteiger partial charge in [0.05, 0.1) is 39.4 Å². The highest BCUT2D eigenvalue weighted by molar-refractivity contribution is 6.04. The van der Waals surface area contributed by atoms with Crippen LogP contribution in [0.2, 0.25) is 0 Å². The number of carbonyl (C=O) groups excluding carboxylic acids is 1. The molecule has 0 atom stereocenters. The van der Waals surface area contributed by atoms with E-state index in [1.165, 1.54) is 15.3 Å². The van der Waals surface area contributed by atoms with E-state index in [0.29, 0.717) is 33.2 Å². The molecule has 1 amide bonds. The van der Waals surface area contributed by atoms with E-state index in [9.17, 15) is 22.8 Å². The second kappa shape index (κ2) is 8.97. The minimum Gasteiger partial charge on any atom is -0.383 e. The van der Waals surface area contributed by atoms with Gasteiger partial charge in [-0.25, -0.2) is 9.78 Å². The second-order valence-electron chi connectivity index (χ2n) is 9.81. The number of halogens is 3. The summed E-state index contributed by atoms with van der Waals surface area (Å²) in [5.41, 5.74) is 7.02. The van der Waals surface area contributed by atoms with Gasteiger partial charge in [0.2, 0.25) is 5.91 Å². The highest BCUT2D eigenvalue weighted by Gasteiger charge is 2.34. The molecule has 3 aromatic heterocycles. The summed E-state index contributed by atoms with van der Waals surface area (Å²) < 4.78 is 43.4. The number of hydrogen-bond donors (Lipinski definition) is 2. The van der Waals surface area contributed by atoms with Crippen LogP contribution in [0.1, 0.15) is 25.0 Å². The van der Waals surface area contributed by atoms with Crippen molar-refractivity contribution in [3.63, 3.8) is 0 Å². The van der Waals surface area contributed by atoms with Crippen LogP contribution in [-0.4, -0.2) is 32.1 Å². The van der Waals surface area contributed by atoms with Gasteiger partial charge in [-0.05, 0) is 55.3 Å². The van der Waals surface area contributed by atoms with E-state index in [2.05, 4.69) is 15.3 Å². The number of anilines is 1. The number of hydrogen-bond acceptors (Lipinski definition) is 5. The maximum absolute atomic E-state index is 13.5. The van der Waals surface area contributed by atoms with Crippen molar-refractivity contribution in [3.05, 3.63) is 82.5 Å². The third-order valence-corrected chi connectivity index (χ3v) is 7.08. The molecule has 0 radical (unpaired) electrons. The van der Waals surface area contributed by atoms with E-state index in [1.54, 1.807) is 62.8 Å². The molecule has 3 N–H and O–H groups in total. The van der Waals surface area contributed by atoms with Crippen molar-refractivity contribution in [2.75, 3.05) is 12.8 Å². The van der Waals surface area contributed by atoms with Crippen LogP contribution in [0.25, 0.3) is 38.8 Å². The van der Waals surface area contributed by atoms with Crippen molar-refractivity contribution in [2.24, 2.45) is 7.05 Å². The lowest BCUT2D eigenvalue weighted by atomic mass is 9.83. The molecule has 11 heteroatoms. The number of benzene rings is 2. The van der Waals surface area contributed by atoms with Gasteiger partial charge in [0.15, 0.2) is 0 Å². The highest BCUT2D eigenvalue weighted by atomic mass is 19.4. The summed E-state index contributed by atoms with van der Waals surface area (Å²) in [6.07, 6.45) is -1.79. The predicted molar refractivity (Wildman–Crippen MR) is 144 cm³/mol. The first-order valence-corrected chi connectivity index (χ1v) is 12.0. The molecule has 8 nitrogen and oxygen atoms in total. The van der Waals surface area contributed by atoms with E-state index in [-0.39, 0.29) is 17.2 Å². The average Bonchev–Trinajstić information content (AvgIpc) is 3.17. The number of carbonyl (C=O) groups is 1. The van der Waals surface area contributed by atoms with Gasteiger partial charge in [0, 0.05) is 31.2 Å². The van der Waals surface area contributed by atoms with Crippen LogP contribution in [-0.2, 0) is 23.4 Å². The lowest BCUT2D eigenvalue weighted by Crippen LogP contribution is -2.37. The van der Waals surface area contributed by atoms with E-state index >= 15 is 0 Å². The number of aryl methyl sites for hydroxylation is 1. The summed E-state index contributed by atoms with van der Waals surface area (Å²) in [7, 11) is 3.20. The number of fused-ring (bicyclic) bond motifs is 3. The van der Waals surface area contributed by atoms with Crippen molar-refractivity contribution < 1.29 is 18.0 Å². The Morgan fingerprint density at radius 2 is 1.67 bits per heavy atom. The Balaban J connectivity index is 1.72. The largest absolute Gasteiger partial charge is 0.419 e. The van der Waals surface area contributed by atoms with Crippen molar-refractivity contribution in [3.8, 4) is 16.8 Å². The first-order valence-electron chi connectivity index (χ1n) is 12.0. The Hall–Kier alpha value is -4.67. The van der Waals surface area contributed by atoms with Crippen LogP contribution in [0.5, 0.6) is 0 Å². The number of nitrogens with zero attached hydrogens (tertiary/aromatic N) is 4. The molecule has 0 aliphatic heterocycles. The molecular weight excluding hydrogens is 509 g/mol. The van der Waals surface area contributed by atoms with Gasteiger partial charge < -0.3 is 11.1 Å². The van der Waals surface area contributed by atoms with Gasteiger partial charge in [-0.1, -0.05) is 18.2 Å². The average molecular weight is 535 g/mol. The number of imidazole rings is 1. The lowest BCUT2D eigenvalue weighted by molar-refractivity contribution is -0.137. The second-order valence-corrected chi connectivity index (χ2v) is 9.81. The quantitative estimate of drug-likeness (QED) is 0.351. The molecule has 0 spiro atoms. The van der Waals surface area contributed by atoms with Crippen molar-refractivity contribution in [1.29, 1.82) is 0 Å². The highest BCUT2D eigenvalue weighted by Crippen LogP contribution is 2.36. The number of amides is 1. The van der Waals surface area contributed by atoms with Crippen molar-refractivity contribution >= 4 is 33.7 Å². The number of nitrogens with two attached hydrogens (primary N) is 1. The normalized spacial score (nSPS) is 12.3. The van der Waals surface area contributed by atoms with Crippen LogP contribution < -0.4 is 16.7 Å². The smallest absolute Gasteiger partial charge is 0.383 e. The number of nitrogen functional groups attached to an aromatic ring is 1. The Bertz CT molecular complexity index is 1820. The monoisotopic (exact) mass is 534 g/mol. The van der Waals surface area contributed by atoms with Crippen molar-refractivity contribution in [2.45, 2.75) is 25.4 Å². The molecule has 0 unspecified atom stereocenters. The lowest BCUT2D eigenvalue weighted by Gasteiger charge is -2.23. The van der Waals surface area contributed by atoms with Crippen LogP contribution >= 0.6 is 0 Å². The number of pyridine rings is 2. The number of aromatic nitrogens is 4. The van der Waals surface area contributed by atoms with Gasteiger partial charge >= 0.3 is 11.9 Å². The molecule has 0 saturated heterocycles. The number of alkyl halides is 3. The Labute approximate surface area is 220 Å². The molecule has 0 bridgehead atoms. The fourth-order valence-corrected chi connectivity index (χ4v) is 4.75. The Morgan fingerprint density at radius 1 is 0.974 bits per heavy atom. The molecule has 0 saturated carbocycles. The third-order valence-electron chi connectivity index (χ3n) is 7.08. The number of rotatable bonds is 4. The van der Waals surface area contributed by atoms with E-state index in [4.69, 9.17) is 5.73 Å². The van der Waals surface area contributed by atoms with E-state index in [1.807, 2.05) is 13.8 Å². The third kappa shape index (κ3) is 4.19. The van der Waals surface area contributed by atoms with Crippen LogP contribution in [0.4, 0.5) is 19.0 Å². The van der Waals surface area contributed by atoms with Gasteiger partial charge in [0.25, 0.3) is 0 Å². The SMILES string of the molecule is CNC(=O)C(C)(C)c1ccc(-n2c(=O)n(C)c3cnc4ccc(-c5cnc(N)c(C(F)(F)F)c5)cc4c32)cc1. The molecule has 5 aromatic rings. The van der Waals surface area contributed by atoms with Crippen LogP contribution in [0.3, 0.4) is 0 Å². The fourth-order valence-electron chi connectivity index (χ4n) is 4.75. The molecule has 3 heterocycles. The summed E-state index contributed by atoms with van der Waals surface area (Å²) in [6, 6.07) is 13.1. The fraction of sp³-hybridized carbons (Fsp3) is 0.214. The zero-order chi connectivity index (χ0) is 28.3. The van der Waals surface area contributed by atoms with Crippen molar-refractivity contribution in [1.82, 2.24) is 24.4 Å². The molecule has 39 heavy (non-hydrogen) atoms. The maximum atomic E-state index is 13.5. The minimum absolute atomic E-state index is 0.145. The number of likely N-dealkylation sites (N-methyl/N-ethyl adjacent to an activating group) is 1. The summed E-state index contributed by atoms with van der Waals surface area (Å²) in [6.45, 7) is 3.61. The summed E-state index contributed by atoms with van der Waals surface area (Å²) in [5, 5.41) is 3.23. The van der Waals surface area contributed by atoms with Crippen LogP contribution in [0, 0.1) is 0 Å². The molecule has 0 fully saturated rings. The molecule has 2 aromatic carbocycles. The predicted octanol–water partition coefficient (Wildman–Crippen LogP) is 4.56. The Morgan fingerprint density at radius 3 is 2.31 bits per heavy atom. The maximum Gasteiger partial charge on any atom is 0.419 e. The van der Waals surface area contributed by atoms with Gasteiger partial charge in [0.1, 0.15) is 5.82 Å². The molecule has 5 rings (SSSR count). The molecular formula is C28H25F3N6O2. The zero-order valence-corrected chi connectivity index (χ0v) is 21.6. The summed E-state index contributed by atoms with van der Waals surface area (Å²) in [5.74, 6) is -0.746.